The Morgan fingerprint density at radius 3 is 2.82 bits per heavy atom. The van der Waals surface area contributed by atoms with Crippen molar-refractivity contribution in [3.8, 4) is 0 Å². The van der Waals surface area contributed by atoms with E-state index in [2.05, 4.69) is 19.9 Å². The van der Waals surface area contributed by atoms with Crippen molar-refractivity contribution in [2.75, 3.05) is 0 Å². The molecule has 0 radical (unpaired) electrons. The van der Waals surface area contributed by atoms with Crippen molar-refractivity contribution in [3.05, 3.63) is 17.8 Å². The summed E-state index contributed by atoms with van der Waals surface area (Å²) in [5.41, 5.74) is 1.28. The number of aromatic amines is 1. The van der Waals surface area contributed by atoms with Crippen LogP contribution in [0.15, 0.2) is 12.7 Å². The maximum absolute atomic E-state index is 5.68. The number of halogens is 1. The molecular formula is C5H3ClKN4+. The molecule has 0 unspecified atom stereocenters. The summed E-state index contributed by atoms with van der Waals surface area (Å²) in [5.74, 6) is 0. The maximum Gasteiger partial charge on any atom is 1.00 e. The van der Waals surface area contributed by atoms with E-state index < -0.39 is 0 Å². The van der Waals surface area contributed by atoms with Crippen LogP contribution >= 0.6 is 11.6 Å². The molecular weight excluding hydrogens is 191 g/mol. The molecule has 0 atom stereocenters. The first-order valence-electron chi connectivity index (χ1n) is 2.67. The molecule has 0 spiro atoms. The van der Waals surface area contributed by atoms with Gasteiger partial charge in [-0.1, -0.05) is 11.6 Å². The summed E-state index contributed by atoms with van der Waals surface area (Å²) in [6, 6.07) is 0. The Hall–Kier alpha value is 0.476. The van der Waals surface area contributed by atoms with E-state index in [1.54, 1.807) is 0 Å². The second-order valence-corrected chi connectivity index (χ2v) is 2.12. The first-order valence-corrected chi connectivity index (χ1v) is 3.05. The van der Waals surface area contributed by atoms with Crippen LogP contribution in [-0.2, 0) is 0 Å². The number of imidazole rings is 1. The topological polar surface area (TPSA) is 54.5 Å². The van der Waals surface area contributed by atoms with Crippen LogP contribution in [0.5, 0.6) is 0 Å². The molecule has 0 aromatic carbocycles. The number of rotatable bonds is 0. The summed E-state index contributed by atoms with van der Waals surface area (Å²) in [4.78, 5) is 14.3. The van der Waals surface area contributed by atoms with Crippen molar-refractivity contribution >= 4 is 22.8 Å². The van der Waals surface area contributed by atoms with E-state index >= 15 is 0 Å². The Labute approximate surface area is 110 Å². The average molecular weight is 194 g/mol. The third-order valence-electron chi connectivity index (χ3n) is 1.18. The second-order valence-electron chi connectivity index (χ2n) is 1.77. The van der Waals surface area contributed by atoms with E-state index in [9.17, 15) is 0 Å². The van der Waals surface area contributed by atoms with Crippen molar-refractivity contribution in [2.24, 2.45) is 0 Å². The summed E-state index contributed by atoms with van der Waals surface area (Å²) >= 11 is 5.68. The zero-order chi connectivity index (χ0) is 6.97. The Kier molecular flexibility index (Phi) is 3.41. The van der Waals surface area contributed by atoms with Gasteiger partial charge in [-0.2, -0.15) is 0 Å². The fourth-order valence-electron chi connectivity index (χ4n) is 0.736. The van der Waals surface area contributed by atoms with Gasteiger partial charge in [0.05, 0.1) is 6.33 Å². The molecule has 2 aromatic rings. The van der Waals surface area contributed by atoms with Gasteiger partial charge in [-0.3, -0.25) is 0 Å². The average Bonchev–Trinajstić information content (AvgIpc) is 2.36. The van der Waals surface area contributed by atoms with Gasteiger partial charge >= 0.3 is 51.4 Å². The third kappa shape index (κ3) is 1.80. The molecule has 2 heterocycles. The quantitative estimate of drug-likeness (QED) is 0.390. The summed E-state index contributed by atoms with van der Waals surface area (Å²) in [6.45, 7) is 0. The minimum Gasteiger partial charge on any atom is -0.341 e. The Bertz CT molecular complexity index is 360. The van der Waals surface area contributed by atoms with E-state index in [0.29, 0.717) is 16.3 Å². The zero-order valence-electron chi connectivity index (χ0n) is 5.87. The van der Waals surface area contributed by atoms with Crippen LogP contribution in [-0.4, -0.2) is 19.9 Å². The van der Waals surface area contributed by atoms with E-state index in [1.807, 2.05) is 0 Å². The fraction of sp³-hybridized carbons (Fsp3) is 0. The van der Waals surface area contributed by atoms with Gasteiger partial charge in [0.1, 0.15) is 11.8 Å². The van der Waals surface area contributed by atoms with Gasteiger partial charge in [-0.25, -0.2) is 15.0 Å². The first-order chi connectivity index (χ1) is 4.88. The van der Waals surface area contributed by atoms with Crippen LogP contribution in [0.4, 0.5) is 0 Å². The van der Waals surface area contributed by atoms with Crippen LogP contribution in [0.2, 0.25) is 5.15 Å². The largest absolute Gasteiger partial charge is 1.00 e. The maximum atomic E-state index is 5.68. The summed E-state index contributed by atoms with van der Waals surface area (Å²) < 4.78 is 0. The Morgan fingerprint density at radius 1 is 1.27 bits per heavy atom. The molecule has 4 nitrogen and oxygen atoms in total. The van der Waals surface area contributed by atoms with Gasteiger partial charge < -0.3 is 4.98 Å². The summed E-state index contributed by atoms with van der Waals surface area (Å²) in [5, 5.41) is 0.405. The molecule has 2 aromatic heterocycles. The molecule has 0 aliphatic heterocycles. The van der Waals surface area contributed by atoms with Crippen LogP contribution in [0.25, 0.3) is 11.2 Å². The van der Waals surface area contributed by atoms with Crippen LogP contribution in [0, 0.1) is 0 Å². The van der Waals surface area contributed by atoms with E-state index in [-0.39, 0.29) is 51.4 Å². The Morgan fingerprint density at radius 2 is 2.09 bits per heavy atom. The third-order valence-corrected chi connectivity index (χ3v) is 1.46. The van der Waals surface area contributed by atoms with Crippen molar-refractivity contribution in [2.45, 2.75) is 0 Å². The predicted molar refractivity (Wildman–Crippen MR) is 36.7 cm³/mol. The molecule has 50 valence electrons. The Balaban J connectivity index is 0.000000605. The fourth-order valence-corrected chi connectivity index (χ4v) is 0.918. The van der Waals surface area contributed by atoms with Crippen molar-refractivity contribution in [3.63, 3.8) is 0 Å². The van der Waals surface area contributed by atoms with Crippen molar-refractivity contribution in [1.29, 1.82) is 0 Å². The standard InChI is InChI=1S/C5H3ClN4.K/c6-4-3-5(9-1-7-3)10-2-8-4;/h1-2H,(H,7,8,9,10);/q;+1. The molecule has 0 saturated carbocycles. The van der Waals surface area contributed by atoms with Crippen LogP contribution in [0.3, 0.4) is 0 Å². The number of H-pyrrole nitrogens is 1. The second kappa shape index (κ2) is 3.93. The molecule has 0 aliphatic rings. The number of hydrogen-bond acceptors (Lipinski definition) is 3. The number of fused-ring (bicyclic) bond motifs is 1. The number of nitrogens with one attached hydrogen (secondary N) is 1. The minimum atomic E-state index is 0. The predicted octanol–water partition coefficient (Wildman–Crippen LogP) is -1.99. The molecule has 11 heavy (non-hydrogen) atoms. The molecule has 0 saturated heterocycles. The molecule has 2 rings (SSSR count). The minimum absolute atomic E-state index is 0. The molecule has 0 amide bonds. The van der Waals surface area contributed by atoms with E-state index in [1.165, 1.54) is 12.7 Å². The summed E-state index contributed by atoms with van der Waals surface area (Å²) in [6.07, 6.45) is 2.91. The molecule has 6 heteroatoms. The molecule has 0 fully saturated rings. The van der Waals surface area contributed by atoms with E-state index in [4.69, 9.17) is 11.6 Å². The van der Waals surface area contributed by atoms with Gasteiger partial charge in [0.15, 0.2) is 10.8 Å². The zero-order valence-corrected chi connectivity index (χ0v) is 9.75. The van der Waals surface area contributed by atoms with E-state index in [0.717, 1.165) is 0 Å². The SMILES string of the molecule is Clc1ncnc2nc[nH]c12.[K+]. The molecule has 1 N–H and O–H groups in total. The number of nitrogens with zero attached hydrogens (tertiary/aromatic N) is 3. The smallest absolute Gasteiger partial charge is 0.341 e. The van der Waals surface area contributed by atoms with Gasteiger partial charge in [-0.05, 0) is 0 Å². The summed E-state index contributed by atoms with van der Waals surface area (Å²) in [7, 11) is 0. The molecule has 0 aliphatic carbocycles. The van der Waals surface area contributed by atoms with Crippen LogP contribution in [0.1, 0.15) is 0 Å². The van der Waals surface area contributed by atoms with Gasteiger partial charge in [0, 0.05) is 0 Å². The van der Waals surface area contributed by atoms with Gasteiger partial charge in [0.25, 0.3) is 0 Å². The van der Waals surface area contributed by atoms with Crippen LogP contribution < -0.4 is 51.4 Å². The van der Waals surface area contributed by atoms with Crippen molar-refractivity contribution in [1.82, 2.24) is 19.9 Å². The van der Waals surface area contributed by atoms with Gasteiger partial charge in [0.2, 0.25) is 0 Å². The normalized spacial score (nSPS) is 9.55. The molecule has 0 bridgehead atoms. The van der Waals surface area contributed by atoms with Gasteiger partial charge in [-0.15, -0.1) is 0 Å². The van der Waals surface area contributed by atoms with Crippen molar-refractivity contribution < 1.29 is 51.4 Å². The number of aromatic nitrogens is 4. The first kappa shape index (κ1) is 9.56. The number of hydrogen-bond donors (Lipinski definition) is 1. The monoisotopic (exact) mass is 193 g/mol.